The van der Waals surface area contributed by atoms with E-state index in [0.717, 1.165) is 18.6 Å². The van der Waals surface area contributed by atoms with Crippen LogP contribution < -0.4 is 15.8 Å². The molecule has 0 saturated heterocycles. The molecule has 0 aliphatic rings. The van der Waals surface area contributed by atoms with E-state index in [1.54, 1.807) is 0 Å². The number of benzene rings is 1. The van der Waals surface area contributed by atoms with Crippen LogP contribution in [-0.4, -0.2) is 38.4 Å². The molecule has 1 aromatic rings. The Morgan fingerprint density at radius 1 is 1.35 bits per heavy atom. The second-order valence-electron chi connectivity index (χ2n) is 4.81. The third kappa shape index (κ3) is 5.58. The fourth-order valence-corrected chi connectivity index (χ4v) is 3.06. The number of nitrogens with zero attached hydrogens (tertiary/aromatic N) is 1. The number of carbonyl (C=O) groups is 1. The van der Waals surface area contributed by atoms with Crippen LogP contribution >= 0.6 is 0 Å². The lowest BCUT2D eigenvalue weighted by Crippen LogP contribution is -2.43. The molecule has 0 saturated carbocycles. The van der Waals surface area contributed by atoms with Crippen LogP contribution in [0.2, 0.25) is 0 Å². The number of nitrogens with two attached hydrogens (primary N) is 1. The Hall–Kier alpha value is -2.04. The molecule has 0 bridgehead atoms. The standard InChI is InChI=1S/C13H20N4O5S/c1-2-5-10(14)13(18)15-8-9-16-23(21,22)12-7-4-3-6-11(12)17(19)20/h3-4,6-7,10,16H,2,5,8-9,14H2,1H3,(H,15,18). The van der Waals surface area contributed by atoms with Crippen LogP contribution in [0.3, 0.4) is 0 Å². The van der Waals surface area contributed by atoms with Crippen LogP contribution in [0.1, 0.15) is 19.8 Å². The van der Waals surface area contributed by atoms with Gasteiger partial charge in [-0.1, -0.05) is 25.5 Å². The fourth-order valence-electron chi connectivity index (χ4n) is 1.86. The normalized spacial score (nSPS) is 12.6. The van der Waals surface area contributed by atoms with Gasteiger partial charge in [0.25, 0.3) is 5.69 Å². The maximum absolute atomic E-state index is 12.1. The highest BCUT2D eigenvalue weighted by atomic mass is 32.2. The first-order chi connectivity index (χ1) is 10.8. The summed E-state index contributed by atoms with van der Waals surface area (Å²) in [6, 6.07) is 4.41. The molecule has 1 amide bonds. The zero-order valence-corrected chi connectivity index (χ0v) is 13.5. The van der Waals surface area contributed by atoms with Crippen molar-refractivity contribution in [2.75, 3.05) is 13.1 Å². The van der Waals surface area contributed by atoms with E-state index in [2.05, 4.69) is 10.0 Å². The molecule has 0 aliphatic heterocycles. The predicted molar refractivity (Wildman–Crippen MR) is 84.2 cm³/mol. The summed E-state index contributed by atoms with van der Waals surface area (Å²) in [6.07, 6.45) is 1.30. The maximum Gasteiger partial charge on any atom is 0.289 e. The zero-order valence-electron chi connectivity index (χ0n) is 12.7. The molecular formula is C13H20N4O5S. The molecule has 0 radical (unpaired) electrons. The van der Waals surface area contributed by atoms with Gasteiger partial charge in [-0.25, -0.2) is 13.1 Å². The number of hydrogen-bond donors (Lipinski definition) is 3. The van der Waals surface area contributed by atoms with Crippen LogP contribution in [0.15, 0.2) is 29.2 Å². The van der Waals surface area contributed by atoms with Gasteiger partial charge in [-0.15, -0.1) is 0 Å². The zero-order chi connectivity index (χ0) is 17.5. The Bertz CT molecular complexity index is 662. The van der Waals surface area contributed by atoms with Crippen molar-refractivity contribution in [3.63, 3.8) is 0 Å². The van der Waals surface area contributed by atoms with E-state index in [4.69, 9.17) is 5.73 Å². The van der Waals surface area contributed by atoms with Crippen LogP contribution in [0.25, 0.3) is 0 Å². The highest BCUT2D eigenvalue weighted by molar-refractivity contribution is 7.89. The topological polar surface area (TPSA) is 144 Å². The predicted octanol–water partition coefficient (Wildman–Crippen LogP) is 0.117. The van der Waals surface area contributed by atoms with E-state index in [9.17, 15) is 23.3 Å². The second-order valence-corrected chi connectivity index (χ2v) is 6.54. The summed E-state index contributed by atoms with van der Waals surface area (Å²) in [7, 11) is -4.04. The molecule has 1 aromatic carbocycles. The number of nitrogens with one attached hydrogen (secondary N) is 2. The van der Waals surface area contributed by atoms with Crippen molar-refractivity contribution in [2.24, 2.45) is 5.73 Å². The van der Waals surface area contributed by atoms with Gasteiger partial charge in [0.2, 0.25) is 15.9 Å². The Morgan fingerprint density at radius 2 is 2.00 bits per heavy atom. The molecule has 1 atom stereocenters. The highest BCUT2D eigenvalue weighted by Gasteiger charge is 2.24. The van der Waals surface area contributed by atoms with E-state index in [1.165, 1.54) is 12.1 Å². The quantitative estimate of drug-likeness (QED) is 0.329. The van der Waals surface area contributed by atoms with Gasteiger partial charge in [0.05, 0.1) is 11.0 Å². The number of hydrogen-bond acceptors (Lipinski definition) is 6. The minimum Gasteiger partial charge on any atom is -0.353 e. The summed E-state index contributed by atoms with van der Waals surface area (Å²) in [5, 5.41) is 13.4. The van der Waals surface area contributed by atoms with Gasteiger partial charge < -0.3 is 11.1 Å². The molecule has 0 aliphatic carbocycles. The number of rotatable bonds is 9. The summed E-state index contributed by atoms with van der Waals surface area (Å²) >= 11 is 0. The fraction of sp³-hybridized carbons (Fsp3) is 0.462. The Labute approximate surface area is 134 Å². The largest absolute Gasteiger partial charge is 0.353 e. The van der Waals surface area contributed by atoms with Crippen molar-refractivity contribution in [3.05, 3.63) is 34.4 Å². The van der Waals surface area contributed by atoms with E-state index in [-0.39, 0.29) is 19.0 Å². The van der Waals surface area contributed by atoms with Crippen molar-refractivity contribution in [2.45, 2.75) is 30.7 Å². The van der Waals surface area contributed by atoms with Crippen LogP contribution in [-0.2, 0) is 14.8 Å². The lowest BCUT2D eigenvalue weighted by atomic mass is 10.2. The maximum atomic E-state index is 12.1. The SMILES string of the molecule is CCCC(N)C(=O)NCCNS(=O)(=O)c1ccccc1[N+](=O)[O-]. The number of carbonyl (C=O) groups excluding carboxylic acids is 1. The molecule has 0 heterocycles. The number of amides is 1. The van der Waals surface area contributed by atoms with Crippen molar-refractivity contribution in [3.8, 4) is 0 Å². The van der Waals surface area contributed by atoms with Crippen molar-refractivity contribution >= 4 is 21.6 Å². The van der Waals surface area contributed by atoms with E-state index in [1.807, 2.05) is 6.92 Å². The highest BCUT2D eigenvalue weighted by Crippen LogP contribution is 2.22. The average Bonchev–Trinajstić information content (AvgIpc) is 2.51. The van der Waals surface area contributed by atoms with Crippen molar-refractivity contribution < 1.29 is 18.1 Å². The van der Waals surface area contributed by atoms with Crippen LogP contribution in [0.5, 0.6) is 0 Å². The Kier molecular flexibility index (Phi) is 7.07. The molecule has 23 heavy (non-hydrogen) atoms. The van der Waals surface area contributed by atoms with Crippen LogP contribution in [0.4, 0.5) is 5.69 Å². The molecule has 0 aromatic heterocycles. The third-order valence-corrected chi connectivity index (χ3v) is 4.51. The number of para-hydroxylation sites is 1. The minimum absolute atomic E-state index is 0.0378. The molecule has 1 rings (SSSR count). The van der Waals surface area contributed by atoms with Crippen LogP contribution in [0, 0.1) is 10.1 Å². The first kappa shape index (κ1) is 19.0. The number of sulfonamides is 1. The lowest BCUT2D eigenvalue weighted by molar-refractivity contribution is -0.387. The summed E-state index contributed by atoms with van der Waals surface area (Å²) in [5.74, 6) is -0.364. The molecular weight excluding hydrogens is 324 g/mol. The molecule has 9 nitrogen and oxygen atoms in total. The molecule has 1 unspecified atom stereocenters. The van der Waals surface area contributed by atoms with Crippen molar-refractivity contribution in [1.82, 2.24) is 10.0 Å². The third-order valence-electron chi connectivity index (χ3n) is 3.00. The van der Waals surface area contributed by atoms with Crippen molar-refractivity contribution in [1.29, 1.82) is 0 Å². The second kappa shape index (κ2) is 8.56. The van der Waals surface area contributed by atoms with E-state index >= 15 is 0 Å². The first-order valence-corrected chi connectivity index (χ1v) is 8.54. The molecule has 0 spiro atoms. The van der Waals surface area contributed by atoms with Gasteiger partial charge in [0.1, 0.15) is 0 Å². The first-order valence-electron chi connectivity index (χ1n) is 7.06. The monoisotopic (exact) mass is 344 g/mol. The summed E-state index contributed by atoms with van der Waals surface area (Å²) in [5.41, 5.74) is 5.11. The molecule has 128 valence electrons. The Balaban J connectivity index is 2.61. The van der Waals surface area contributed by atoms with Gasteiger partial charge in [0.15, 0.2) is 4.90 Å². The van der Waals surface area contributed by atoms with Gasteiger partial charge >= 0.3 is 0 Å². The number of nitro benzene ring substituents is 1. The lowest BCUT2D eigenvalue weighted by Gasteiger charge is -2.11. The summed E-state index contributed by atoms with van der Waals surface area (Å²) in [4.78, 5) is 21.3. The molecule has 10 heteroatoms. The summed E-state index contributed by atoms with van der Waals surface area (Å²) in [6.45, 7) is 1.84. The average molecular weight is 344 g/mol. The summed E-state index contributed by atoms with van der Waals surface area (Å²) < 4.78 is 26.4. The minimum atomic E-state index is -4.04. The van der Waals surface area contributed by atoms with Gasteiger partial charge in [-0.3, -0.25) is 14.9 Å². The van der Waals surface area contributed by atoms with Gasteiger partial charge in [-0.2, -0.15) is 0 Å². The Morgan fingerprint density at radius 3 is 2.61 bits per heavy atom. The molecule has 0 fully saturated rings. The number of nitro groups is 1. The molecule has 4 N–H and O–H groups in total. The van der Waals surface area contributed by atoms with Gasteiger partial charge in [0, 0.05) is 19.2 Å². The smallest absolute Gasteiger partial charge is 0.289 e. The van der Waals surface area contributed by atoms with Gasteiger partial charge in [-0.05, 0) is 12.5 Å². The van der Waals surface area contributed by atoms with E-state index < -0.39 is 31.6 Å². The van der Waals surface area contributed by atoms with E-state index in [0.29, 0.717) is 6.42 Å².